The Kier molecular flexibility index (Phi) is 3.87. The number of aromatic hydroxyl groups is 1. The smallest absolute Gasteiger partial charge is 0.508 e. The molecular formula is C9H12O3P+. The maximum Gasteiger partial charge on any atom is 0.513 e. The minimum atomic E-state index is -1.68. The quantitative estimate of drug-likeness (QED) is 0.758. The Morgan fingerprint density at radius 1 is 1.46 bits per heavy atom. The fraction of sp³-hybridized carbons (Fsp3) is 0.333. The van der Waals surface area contributed by atoms with Crippen molar-refractivity contribution in [2.45, 2.75) is 13.1 Å². The molecule has 4 heteroatoms. The van der Waals surface area contributed by atoms with Crippen LogP contribution in [-0.2, 0) is 15.3 Å². The van der Waals surface area contributed by atoms with Crippen LogP contribution in [0.4, 0.5) is 0 Å². The van der Waals surface area contributed by atoms with Gasteiger partial charge in [-0.25, -0.2) is 0 Å². The summed E-state index contributed by atoms with van der Waals surface area (Å²) in [6, 6.07) is 6.84. The molecule has 1 aromatic carbocycles. The highest BCUT2D eigenvalue weighted by Crippen LogP contribution is 2.31. The third-order valence-corrected chi connectivity index (χ3v) is 2.71. The second kappa shape index (κ2) is 4.95. The first-order valence-corrected chi connectivity index (χ1v) is 5.44. The zero-order valence-corrected chi connectivity index (χ0v) is 8.33. The van der Waals surface area contributed by atoms with E-state index in [4.69, 9.17) is 4.52 Å². The van der Waals surface area contributed by atoms with Crippen LogP contribution in [0.15, 0.2) is 24.3 Å². The van der Waals surface area contributed by atoms with Crippen molar-refractivity contribution in [1.82, 2.24) is 0 Å². The van der Waals surface area contributed by atoms with Crippen molar-refractivity contribution < 1.29 is 14.2 Å². The van der Waals surface area contributed by atoms with Gasteiger partial charge in [0.1, 0.15) is 5.75 Å². The molecule has 70 valence electrons. The summed E-state index contributed by atoms with van der Waals surface area (Å²) in [4.78, 5) is 0. The Morgan fingerprint density at radius 2 is 2.15 bits per heavy atom. The van der Waals surface area contributed by atoms with Gasteiger partial charge in [-0.1, -0.05) is 18.2 Å². The summed E-state index contributed by atoms with van der Waals surface area (Å²) in [6.07, 6.45) is 0.274. The number of para-hydroxylation sites is 1. The Hall–Kier alpha value is -0.920. The van der Waals surface area contributed by atoms with Crippen LogP contribution >= 0.6 is 8.03 Å². The summed E-state index contributed by atoms with van der Waals surface area (Å²) in [5.41, 5.74) is 0.664. The Morgan fingerprint density at radius 3 is 2.77 bits per heavy atom. The molecule has 0 bridgehead atoms. The third kappa shape index (κ3) is 3.13. The topological polar surface area (TPSA) is 46.5 Å². The molecule has 1 atom stereocenters. The fourth-order valence-corrected chi connectivity index (χ4v) is 1.90. The van der Waals surface area contributed by atoms with Crippen molar-refractivity contribution in [1.29, 1.82) is 0 Å². The van der Waals surface area contributed by atoms with E-state index in [1.165, 1.54) is 0 Å². The Labute approximate surface area is 78.2 Å². The molecule has 0 aromatic heterocycles. The number of rotatable bonds is 4. The fourth-order valence-electron chi connectivity index (χ4n) is 0.973. The summed E-state index contributed by atoms with van der Waals surface area (Å²) in [6.45, 7) is 2.22. The van der Waals surface area contributed by atoms with Gasteiger partial charge in [-0.2, -0.15) is 0 Å². The second-order valence-corrected chi connectivity index (χ2v) is 3.78. The van der Waals surface area contributed by atoms with E-state index in [2.05, 4.69) is 0 Å². The van der Waals surface area contributed by atoms with Crippen molar-refractivity contribution in [3.05, 3.63) is 29.8 Å². The lowest BCUT2D eigenvalue weighted by atomic mass is 10.2. The molecular weight excluding hydrogens is 187 g/mol. The lowest BCUT2D eigenvalue weighted by Gasteiger charge is -1.95. The lowest BCUT2D eigenvalue weighted by molar-refractivity contribution is 0.349. The zero-order valence-electron chi connectivity index (χ0n) is 7.43. The first-order valence-electron chi connectivity index (χ1n) is 4.08. The molecule has 1 unspecified atom stereocenters. The molecule has 0 aliphatic heterocycles. The van der Waals surface area contributed by atoms with Gasteiger partial charge < -0.3 is 5.11 Å². The molecule has 0 fully saturated rings. The van der Waals surface area contributed by atoms with Crippen LogP contribution in [0.5, 0.6) is 5.75 Å². The number of benzene rings is 1. The predicted octanol–water partition coefficient (Wildman–Crippen LogP) is 2.67. The van der Waals surface area contributed by atoms with Gasteiger partial charge in [0.25, 0.3) is 0 Å². The maximum atomic E-state index is 11.2. The van der Waals surface area contributed by atoms with Crippen LogP contribution in [0.25, 0.3) is 0 Å². The number of phenolic OH excluding ortho intramolecular Hbond substituents is 1. The standard InChI is InChI=1S/C9H11O3P/c1-2-12-13(11)7-8-5-3-4-6-9(8)10/h3-6H,2,7H2,1H3/p+1. The zero-order chi connectivity index (χ0) is 9.68. The number of hydrogen-bond donors (Lipinski definition) is 1. The van der Waals surface area contributed by atoms with Crippen molar-refractivity contribution in [3.63, 3.8) is 0 Å². The summed E-state index contributed by atoms with van der Waals surface area (Å²) in [5, 5.41) is 9.34. The summed E-state index contributed by atoms with van der Waals surface area (Å²) < 4.78 is 16.1. The molecule has 0 heterocycles. The van der Waals surface area contributed by atoms with Crippen LogP contribution in [0.2, 0.25) is 0 Å². The van der Waals surface area contributed by atoms with E-state index < -0.39 is 8.03 Å². The molecule has 0 saturated heterocycles. The van der Waals surface area contributed by atoms with Crippen molar-refractivity contribution in [2.75, 3.05) is 6.61 Å². The SMILES string of the molecule is CCO[P+](=O)Cc1ccccc1O. The predicted molar refractivity (Wildman–Crippen MR) is 51.0 cm³/mol. The highest BCUT2D eigenvalue weighted by molar-refractivity contribution is 7.38. The molecule has 1 rings (SSSR count). The summed E-state index contributed by atoms with van der Waals surface area (Å²) >= 11 is 0. The van der Waals surface area contributed by atoms with Gasteiger partial charge in [-0.05, 0) is 17.6 Å². The van der Waals surface area contributed by atoms with E-state index >= 15 is 0 Å². The van der Waals surface area contributed by atoms with Gasteiger partial charge in [0.2, 0.25) is 6.16 Å². The number of hydrogen-bond acceptors (Lipinski definition) is 3. The normalized spacial score (nSPS) is 11.3. The molecule has 0 aliphatic rings. The van der Waals surface area contributed by atoms with E-state index in [1.807, 2.05) is 0 Å². The van der Waals surface area contributed by atoms with Gasteiger partial charge in [0.15, 0.2) is 0 Å². The summed E-state index contributed by atoms with van der Waals surface area (Å²) in [5.74, 6) is 0.172. The largest absolute Gasteiger partial charge is 0.513 e. The highest BCUT2D eigenvalue weighted by atomic mass is 31.1. The lowest BCUT2D eigenvalue weighted by Crippen LogP contribution is -1.84. The van der Waals surface area contributed by atoms with E-state index in [1.54, 1.807) is 31.2 Å². The minimum absolute atomic E-state index is 0.172. The number of phenols is 1. The Balaban J connectivity index is 2.63. The van der Waals surface area contributed by atoms with Crippen molar-refractivity contribution in [3.8, 4) is 5.75 Å². The van der Waals surface area contributed by atoms with E-state index in [-0.39, 0.29) is 11.9 Å². The van der Waals surface area contributed by atoms with Gasteiger partial charge >= 0.3 is 8.03 Å². The first kappa shape index (κ1) is 10.2. The van der Waals surface area contributed by atoms with Crippen LogP contribution in [0, 0.1) is 0 Å². The van der Waals surface area contributed by atoms with Crippen LogP contribution in [0.3, 0.4) is 0 Å². The monoisotopic (exact) mass is 199 g/mol. The maximum absolute atomic E-state index is 11.2. The minimum Gasteiger partial charge on any atom is -0.508 e. The molecule has 1 N–H and O–H groups in total. The molecule has 3 nitrogen and oxygen atoms in total. The average molecular weight is 199 g/mol. The van der Waals surface area contributed by atoms with Gasteiger partial charge in [-0.3, -0.25) is 0 Å². The molecule has 0 saturated carbocycles. The van der Waals surface area contributed by atoms with E-state index in [0.29, 0.717) is 12.2 Å². The highest BCUT2D eigenvalue weighted by Gasteiger charge is 2.18. The molecule has 0 amide bonds. The van der Waals surface area contributed by atoms with Crippen LogP contribution in [-0.4, -0.2) is 11.7 Å². The molecule has 0 radical (unpaired) electrons. The van der Waals surface area contributed by atoms with Crippen LogP contribution < -0.4 is 0 Å². The molecule has 1 aromatic rings. The van der Waals surface area contributed by atoms with Crippen molar-refractivity contribution >= 4 is 8.03 Å². The molecule has 0 aliphatic carbocycles. The van der Waals surface area contributed by atoms with E-state index in [0.717, 1.165) is 0 Å². The Bertz CT molecular complexity index is 299. The second-order valence-electron chi connectivity index (χ2n) is 2.54. The third-order valence-electron chi connectivity index (χ3n) is 1.56. The molecule has 13 heavy (non-hydrogen) atoms. The first-order chi connectivity index (χ1) is 6.24. The van der Waals surface area contributed by atoms with E-state index in [9.17, 15) is 9.67 Å². The van der Waals surface area contributed by atoms with Gasteiger partial charge in [0.05, 0.1) is 6.61 Å². The van der Waals surface area contributed by atoms with Crippen LogP contribution in [0.1, 0.15) is 12.5 Å². The van der Waals surface area contributed by atoms with Gasteiger partial charge in [0, 0.05) is 5.56 Å². The van der Waals surface area contributed by atoms with Gasteiger partial charge in [-0.15, -0.1) is 4.52 Å². The molecule has 0 spiro atoms. The summed E-state index contributed by atoms with van der Waals surface area (Å²) in [7, 11) is -1.68. The van der Waals surface area contributed by atoms with Crippen molar-refractivity contribution in [2.24, 2.45) is 0 Å². The average Bonchev–Trinajstić information content (AvgIpc) is 2.09.